The average molecular weight is 247 g/mol. The fourth-order valence-electron chi connectivity index (χ4n) is 2.80. The molecule has 0 aliphatic heterocycles. The molecule has 2 N–H and O–H groups in total. The molecule has 1 aromatic carbocycles. The third-order valence-electron chi connectivity index (χ3n) is 4.29. The first-order valence-electron chi connectivity index (χ1n) is 7.13. The van der Waals surface area contributed by atoms with Gasteiger partial charge in [-0.15, -0.1) is 0 Å². The molecule has 0 saturated heterocycles. The summed E-state index contributed by atoms with van der Waals surface area (Å²) < 4.78 is 0. The zero-order chi connectivity index (χ0) is 13.2. The maximum atomic E-state index is 10.7. The summed E-state index contributed by atoms with van der Waals surface area (Å²) in [5, 5.41) is 14.0. The Hall–Kier alpha value is -0.860. The van der Waals surface area contributed by atoms with Gasteiger partial charge in [0.15, 0.2) is 0 Å². The van der Waals surface area contributed by atoms with Crippen LogP contribution in [-0.4, -0.2) is 17.7 Å². The molecule has 0 spiro atoms. The third kappa shape index (κ3) is 2.60. The number of nitrogens with one attached hydrogen (secondary N) is 1. The van der Waals surface area contributed by atoms with Crippen molar-refractivity contribution >= 4 is 0 Å². The van der Waals surface area contributed by atoms with Gasteiger partial charge in [-0.1, -0.05) is 25.1 Å². The van der Waals surface area contributed by atoms with Gasteiger partial charge in [0, 0.05) is 6.04 Å². The van der Waals surface area contributed by atoms with Gasteiger partial charge in [-0.2, -0.15) is 0 Å². The van der Waals surface area contributed by atoms with E-state index in [4.69, 9.17) is 0 Å². The number of hydrogen-bond donors (Lipinski definition) is 2. The van der Waals surface area contributed by atoms with E-state index >= 15 is 0 Å². The lowest BCUT2D eigenvalue weighted by Gasteiger charge is -2.32. The Kier molecular flexibility index (Phi) is 4.08. The number of hydrogen-bond acceptors (Lipinski definition) is 2. The molecule has 0 amide bonds. The second-order valence-electron chi connectivity index (χ2n) is 5.62. The second-order valence-corrected chi connectivity index (χ2v) is 5.62. The van der Waals surface area contributed by atoms with Crippen molar-refractivity contribution in [2.75, 3.05) is 6.54 Å². The van der Waals surface area contributed by atoms with E-state index in [1.165, 1.54) is 30.4 Å². The maximum absolute atomic E-state index is 10.7. The van der Waals surface area contributed by atoms with E-state index in [9.17, 15) is 5.11 Å². The highest BCUT2D eigenvalue weighted by atomic mass is 16.3. The molecule has 2 nitrogen and oxygen atoms in total. The monoisotopic (exact) mass is 247 g/mol. The highest BCUT2D eigenvalue weighted by Gasteiger charge is 2.30. The fourth-order valence-corrected chi connectivity index (χ4v) is 2.80. The zero-order valence-corrected chi connectivity index (χ0v) is 11.8. The van der Waals surface area contributed by atoms with Crippen molar-refractivity contribution < 1.29 is 5.11 Å². The number of benzene rings is 1. The first kappa shape index (κ1) is 13.6. The first-order chi connectivity index (χ1) is 8.55. The summed E-state index contributed by atoms with van der Waals surface area (Å²) in [7, 11) is 0. The highest BCUT2D eigenvalue weighted by molar-refractivity contribution is 5.36. The third-order valence-corrected chi connectivity index (χ3v) is 4.29. The van der Waals surface area contributed by atoms with Crippen LogP contribution in [0.15, 0.2) is 18.2 Å². The van der Waals surface area contributed by atoms with Crippen LogP contribution in [0.4, 0.5) is 0 Å². The van der Waals surface area contributed by atoms with E-state index in [-0.39, 0.29) is 6.04 Å². The normalized spacial score (nSPS) is 20.0. The Morgan fingerprint density at radius 3 is 2.61 bits per heavy atom. The van der Waals surface area contributed by atoms with Crippen LogP contribution >= 0.6 is 0 Å². The SMILES string of the molecule is CCNC(C)C(C)(O)c1ccc2c(c1)CCCC2. The smallest absolute Gasteiger partial charge is 0.102 e. The highest BCUT2D eigenvalue weighted by Crippen LogP contribution is 2.29. The number of rotatable bonds is 4. The topological polar surface area (TPSA) is 32.3 Å². The van der Waals surface area contributed by atoms with Crippen molar-refractivity contribution in [3.05, 3.63) is 34.9 Å². The molecular weight excluding hydrogens is 222 g/mol. The molecule has 1 aromatic rings. The van der Waals surface area contributed by atoms with Gasteiger partial charge in [-0.25, -0.2) is 0 Å². The van der Waals surface area contributed by atoms with Crippen molar-refractivity contribution in [3.8, 4) is 0 Å². The van der Waals surface area contributed by atoms with Crippen molar-refractivity contribution in [2.45, 2.75) is 58.1 Å². The summed E-state index contributed by atoms with van der Waals surface area (Å²) >= 11 is 0. The number of aryl methyl sites for hydroxylation is 2. The van der Waals surface area contributed by atoms with Crippen molar-refractivity contribution in [2.24, 2.45) is 0 Å². The maximum Gasteiger partial charge on any atom is 0.102 e. The lowest BCUT2D eigenvalue weighted by atomic mass is 9.84. The minimum Gasteiger partial charge on any atom is -0.384 e. The molecule has 2 atom stereocenters. The molecule has 0 heterocycles. The molecular formula is C16H25NO. The Bertz CT molecular complexity index is 412. The van der Waals surface area contributed by atoms with Gasteiger partial charge in [0.05, 0.1) is 0 Å². The molecule has 100 valence electrons. The molecule has 0 saturated carbocycles. The van der Waals surface area contributed by atoms with Gasteiger partial charge >= 0.3 is 0 Å². The average Bonchev–Trinajstić information content (AvgIpc) is 2.38. The molecule has 18 heavy (non-hydrogen) atoms. The van der Waals surface area contributed by atoms with Gasteiger partial charge in [0.2, 0.25) is 0 Å². The van der Waals surface area contributed by atoms with Gasteiger partial charge in [0.1, 0.15) is 5.60 Å². The van der Waals surface area contributed by atoms with Gasteiger partial charge in [0.25, 0.3) is 0 Å². The Labute approximate surface area is 110 Å². The van der Waals surface area contributed by atoms with E-state index in [1.807, 2.05) is 13.8 Å². The van der Waals surface area contributed by atoms with Crippen LogP contribution in [0.25, 0.3) is 0 Å². The van der Waals surface area contributed by atoms with Crippen LogP contribution in [0.3, 0.4) is 0 Å². The molecule has 2 heteroatoms. The summed E-state index contributed by atoms with van der Waals surface area (Å²) in [5.41, 5.74) is 3.14. The fraction of sp³-hybridized carbons (Fsp3) is 0.625. The molecule has 0 aromatic heterocycles. The first-order valence-corrected chi connectivity index (χ1v) is 7.13. The molecule has 2 rings (SSSR count). The predicted molar refractivity (Wildman–Crippen MR) is 75.8 cm³/mol. The minimum absolute atomic E-state index is 0.0594. The molecule has 0 bridgehead atoms. The van der Waals surface area contributed by atoms with Crippen LogP contribution in [0.2, 0.25) is 0 Å². The van der Waals surface area contributed by atoms with E-state index in [0.717, 1.165) is 18.5 Å². The van der Waals surface area contributed by atoms with Crippen molar-refractivity contribution in [1.82, 2.24) is 5.32 Å². The largest absolute Gasteiger partial charge is 0.384 e. The Morgan fingerprint density at radius 2 is 1.94 bits per heavy atom. The Balaban J connectivity index is 2.27. The predicted octanol–water partition coefficient (Wildman–Crippen LogP) is 2.77. The number of fused-ring (bicyclic) bond motifs is 1. The summed E-state index contributed by atoms with van der Waals surface area (Å²) in [4.78, 5) is 0. The quantitative estimate of drug-likeness (QED) is 0.857. The molecule has 0 fully saturated rings. The summed E-state index contributed by atoms with van der Waals surface area (Å²) in [6.07, 6.45) is 4.94. The van der Waals surface area contributed by atoms with Crippen LogP contribution < -0.4 is 5.32 Å². The minimum atomic E-state index is -0.803. The number of likely N-dealkylation sites (N-methyl/N-ethyl adjacent to an activating group) is 1. The van der Waals surface area contributed by atoms with E-state index < -0.39 is 5.60 Å². The van der Waals surface area contributed by atoms with E-state index in [2.05, 4.69) is 30.4 Å². The standard InChI is InChI=1S/C16H25NO/c1-4-17-12(2)16(3,18)15-10-9-13-7-5-6-8-14(13)11-15/h9-12,17-18H,4-8H2,1-3H3. The summed E-state index contributed by atoms with van der Waals surface area (Å²) in [6.45, 7) is 6.90. The van der Waals surface area contributed by atoms with Gasteiger partial charge in [-0.3, -0.25) is 0 Å². The van der Waals surface area contributed by atoms with Crippen LogP contribution in [0, 0.1) is 0 Å². The van der Waals surface area contributed by atoms with Crippen LogP contribution in [-0.2, 0) is 18.4 Å². The van der Waals surface area contributed by atoms with Crippen molar-refractivity contribution in [3.63, 3.8) is 0 Å². The molecule has 1 aliphatic carbocycles. The lowest BCUT2D eigenvalue weighted by molar-refractivity contribution is 0.0220. The molecule has 2 unspecified atom stereocenters. The summed E-state index contributed by atoms with van der Waals surface area (Å²) in [6, 6.07) is 6.57. The van der Waals surface area contributed by atoms with Crippen LogP contribution in [0.1, 0.15) is 50.3 Å². The second kappa shape index (κ2) is 5.41. The van der Waals surface area contributed by atoms with Gasteiger partial charge in [-0.05, 0) is 62.8 Å². The zero-order valence-electron chi connectivity index (χ0n) is 11.8. The number of aliphatic hydroxyl groups is 1. The Morgan fingerprint density at radius 1 is 1.28 bits per heavy atom. The molecule has 1 aliphatic rings. The van der Waals surface area contributed by atoms with Crippen LogP contribution in [0.5, 0.6) is 0 Å². The van der Waals surface area contributed by atoms with Gasteiger partial charge < -0.3 is 10.4 Å². The molecule has 0 radical (unpaired) electrons. The van der Waals surface area contributed by atoms with Crippen molar-refractivity contribution in [1.29, 1.82) is 0 Å². The van der Waals surface area contributed by atoms with E-state index in [1.54, 1.807) is 0 Å². The summed E-state index contributed by atoms with van der Waals surface area (Å²) in [5.74, 6) is 0. The van der Waals surface area contributed by atoms with E-state index in [0.29, 0.717) is 0 Å². The lowest BCUT2D eigenvalue weighted by Crippen LogP contribution is -2.44.